The van der Waals surface area contributed by atoms with E-state index in [0.717, 1.165) is 53.8 Å². The lowest BCUT2D eigenvalue weighted by Crippen LogP contribution is -2.47. The zero-order valence-corrected chi connectivity index (χ0v) is 13.5. The summed E-state index contributed by atoms with van der Waals surface area (Å²) < 4.78 is 5.66. The lowest BCUT2D eigenvalue weighted by atomic mass is 9.59. The van der Waals surface area contributed by atoms with Gasteiger partial charge in [-0.15, -0.1) is 0 Å². The molecule has 5 fully saturated rings. The number of esters is 1. The van der Waals surface area contributed by atoms with Crippen LogP contribution in [0.15, 0.2) is 12.2 Å². The average molecular weight is 309 g/mol. The van der Waals surface area contributed by atoms with Crippen molar-refractivity contribution in [2.24, 2.45) is 65.1 Å². The topological polar surface area (TPSA) is 50.1 Å². The molecule has 3 nitrogen and oxygen atoms in total. The Labute approximate surface area is 137 Å². The van der Waals surface area contributed by atoms with Gasteiger partial charge in [0.15, 0.2) is 0 Å². The van der Waals surface area contributed by atoms with Gasteiger partial charge in [0.25, 0.3) is 0 Å². The molecule has 0 aliphatic heterocycles. The van der Waals surface area contributed by atoms with Gasteiger partial charge in [-0.1, -0.05) is 12.2 Å². The van der Waals surface area contributed by atoms with E-state index >= 15 is 0 Å². The number of nitriles is 1. The molecule has 0 heterocycles. The maximum absolute atomic E-state index is 11.5. The monoisotopic (exact) mass is 309 g/mol. The molecule has 6 aliphatic carbocycles. The molecule has 0 amide bonds. The molecule has 12 atom stereocenters. The van der Waals surface area contributed by atoms with Gasteiger partial charge in [-0.2, -0.15) is 5.26 Å². The Morgan fingerprint density at radius 3 is 2.17 bits per heavy atom. The van der Waals surface area contributed by atoms with E-state index in [2.05, 4.69) is 18.2 Å². The number of allylic oxidation sites excluding steroid dienone is 2. The van der Waals surface area contributed by atoms with Crippen LogP contribution in [0, 0.1) is 76.4 Å². The van der Waals surface area contributed by atoms with Crippen molar-refractivity contribution in [2.45, 2.75) is 32.3 Å². The Kier molecular flexibility index (Phi) is 2.28. The van der Waals surface area contributed by atoms with E-state index in [1.54, 1.807) is 0 Å². The highest BCUT2D eigenvalue weighted by Crippen LogP contribution is 2.76. The fourth-order valence-corrected chi connectivity index (χ4v) is 8.74. The van der Waals surface area contributed by atoms with Crippen LogP contribution < -0.4 is 0 Å². The molecule has 6 aliphatic rings. The van der Waals surface area contributed by atoms with Crippen LogP contribution in [0.2, 0.25) is 0 Å². The lowest BCUT2D eigenvalue weighted by Gasteiger charge is -2.46. The third-order valence-electron chi connectivity index (χ3n) is 8.77. The van der Waals surface area contributed by atoms with Crippen LogP contribution in [0.25, 0.3) is 0 Å². The van der Waals surface area contributed by atoms with E-state index in [9.17, 15) is 10.1 Å². The van der Waals surface area contributed by atoms with E-state index < -0.39 is 0 Å². The molecule has 12 unspecified atom stereocenters. The number of fused-ring (bicyclic) bond motifs is 16. The maximum atomic E-state index is 11.5. The van der Waals surface area contributed by atoms with E-state index in [-0.39, 0.29) is 18.0 Å². The molecule has 0 N–H and O–H groups in total. The van der Waals surface area contributed by atoms with Crippen LogP contribution in [-0.2, 0) is 9.53 Å². The van der Waals surface area contributed by atoms with Crippen molar-refractivity contribution >= 4 is 5.97 Å². The van der Waals surface area contributed by atoms with Crippen LogP contribution in [0.5, 0.6) is 0 Å². The molecule has 6 rings (SSSR count). The van der Waals surface area contributed by atoms with E-state index in [0.29, 0.717) is 11.8 Å². The Balaban J connectivity index is 1.38. The molecular weight excluding hydrogens is 286 g/mol. The summed E-state index contributed by atoms with van der Waals surface area (Å²) in [5, 5.41) is 9.70. The van der Waals surface area contributed by atoms with Crippen LogP contribution >= 0.6 is 0 Å². The van der Waals surface area contributed by atoms with Crippen LogP contribution in [0.3, 0.4) is 0 Å². The van der Waals surface area contributed by atoms with Crippen molar-refractivity contribution in [3.8, 4) is 6.07 Å². The van der Waals surface area contributed by atoms with Crippen LogP contribution in [-0.4, -0.2) is 12.1 Å². The van der Waals surface area contributed by atoms with Crippen LogP contribution in [0.4, 0.5) is 0 Å². The van der Waals surface area contributed by atoms with E-state index in [4.69, 9.17) is 4.74 Å². The van der Waals surface area contributed by atoms with Crippen molar-refractivity contribution in [2.75, 3.05) is 0 Å². The summed E-state index contributed by atoms with van der Waals surface area (Å²) in [6.45, 7) is 1.50. The standard InChI is InChI=1S/C20H23NO2/c1-8(22)23-20-14-5-11(15(20)7-21)18-12-6-13(19(14)18)17-10-3-2-9(4-10)16(12)17/h2-3,9-20H,4-6H2,1H3. The number of ether oxygens (including phenoxy) is 1. The number of hydrogen-bond donors (Lipinski definition) is 0. The summed E-state index contributed by atoms with van der Waals surface area (Å²) in [4.78, 5) is 11.5. The Hall–Kier alpha value is -1.30. The largest absolute Gasteiger partial charge is 0.461 e. The first-order valence-electron chi connectivity index (χ1n) is 9.44. The smallest absolute Gasteiger partial charge is 0.302 e. The van der Waals surface area contributed by atoms with E-state index in [1.165, 1.54) is 19.8 Å². The molecule has 3 heteroatoms. The number of carbonyl (C=O) groups is 1. The normalized spacial score (nSPS) is 62.4. The quantitative estimate of drug-likeness (QED) is 0.425. The van der Waals surface area contributed by atoms with Crippen molar-refractivity contribution < 1.29 is 9.53 Å². The average Bonchev–Trinajstić information content (AvgIpc) is 3.29. The summed E-state index contributed by atoms with van der Waals surface area (Å²) in [5.41, 5.74) is 0. The van der Waals surface area contributed by atoms with Gasteiger partial charge in [0.2, 0.25) is 0 Å². The molecule has 0 saturated heterocycles. The minimum Gasteiger partial charge on any atom is -0.461 e. The number of carbonyl (C=O) groups excluding carboxylic acids is 1. The number of rotatable bonds is 1. The second-order valence-corrected chi connectivity index (χ2v) is 9.11. The van der Waals surface area contributed by atoms with Crippen molar-refractivity contribution in [3.63, 3.8) is 0 Å². The van der Waals surface area contributed by atoms with Gasteiger partial charge in [-0.05, 0) is 72.5 Å². The second kappa shape index (κ2) is 4.02. The molecule has 0 aromatic carbocycles. The summed E-state index contributed by atoms with van der Waals surface area (Å²) in [6.07, 6.45) is 8.81. The molecule has 0 spiro atoms. The predicted molar refractivity (Wildman–Crippen MR) is 82.5 cm³/mol. The van der Waals surface area contributed by atoms with Crippen molar-refractivity contribution in [3.05, 3.63) is 12.2 Å². The Morgan fingerprint density at radius 2 is 1.57 bits per heavy atom. The molecule has 23 heavy (non-hydrogen) atoms. The van der Waals surface area contributed by atoms with Gasteiger partial charge in [-0.25, -0.2) is 0 Å². The van der Waals surface area contributed by atoms with Gasteiger partial charge in [-0.3, -0.25) is 4.79 Å². The van der Waals surface area contributed by atoms with Gasteiger partial charge in [0.05, 0.1) is 12.0 Å². The molecule has 0 aromatic rings. The fraction of sp³-hybridized carbons (Fsp3) is 0.800. The maximum Gasteiger partial charge on any atom is 0.302 e. The SMILES string of the molecule is CC(=O)OC1C(C#N)C2CC1C1C3CC(C4C5C=CC(C5)C34)C21. The summed E-state index contributed by atoms with van der Waals surface area (Å²) in [7, 11) is 0. The first kappa shape index (κ1) is 13.0. The minimum absolute atomic E-state index is 0.0444. The number of hydrogen-bond acceptors (Lipinski definition) is 3. The molecule has 120 valence electrons. The lowest BCUT2D eigenvalue weighted by molar-refractivity contribution is -0.154. The zero-order chi connectivity index (χ0) is 15.5. The summed E-state index contributed by atoms with van der Waals surface area (Å²) in [5.74, 6) is 7.43. The third kappa shape index (κ3) is 1.33. The Morgan fingerprint density at radius 1 is 0.957 bits per heavy atom. The number of nitrogens with zero attached hydrogens (tertiary/aromatic N) is 1. The molecule has 6 bridgehead atoms. The highest BCUT2D eigenvalue weighted by Gasteiger charge is 2.73. The molecule has 5 saturated carbocycles. The summed E-state index contributed by atoms with van der Waals surface area (Å²) in [6, 6.07) is 2.53. The van der Waals surface area contributed by atoms with Crippen molar-refractivity contribution in [1.82, 2.24) is 0 Å². The molecule has 0 radical (unpaired) electrons. The van der Waals surface area contributed by atoms with Gasteiger partial charge in [0.1, 0.15) is 6.10 Å². The zero-order valence-electron chi connectivity index (χ0n) is 13.5. The highest BCUT2D eigenvalue weighted by atomic mass is 16.5. The first-order chi connectivity index (χ1) is 11.2. The van der Waals surface area contributed by atoms with Gasteiger partial charge in [0, 0.05) is 12.8 Å². The van der Waals surface area contributed by atoms with Gasteiger partial charge < -0.3 is 4.74 Å². The third-order valence-corrected chi connectivity index (χ3v) is 8.77. The molecule has 0 aromatic heterocycles. The van der Waals surface area contributed by atoms with Gasteiger partial charge >= 0.3 is 5.97 Å². The molecular formula is C20H23NO2. The fourth-order valence-electron chi connectivity index (χ4n) is 8.74. The summed E-state index contributed by atoms with van der Waals surface area (Å²) >= 11 is 0. The minimum atomic E-state index is -0.205. The van der Waals surface area contributed by atoms with E-state index in [1.807, 2.05) is 0 Å². The first-order valence-corrected chi connectivity index (χ1v) is 9.44. The predicted octanol–water partition coefficient (Wildman–Crippen LogP) is 3.03. The van der Waals surface area contributed by atoms with Crippen LogP contribution in [0.1, 0.15) is 26.2 Å². The van der Waals surface area contributed by atoms with Crippen molar-refractivity contribution in [1.29, 1.82) is 5.26 Å². The highest BCUT2D eigenvalue weighted by molar-refractivity contribution is 5.66. The Bertz CT molecular complexity index is 663. The second-order valence-electron chi connectivity index (χ2n) is 9.11.